The van der Waals surface area contributed by atoms with Gasteiger partial charge in [0, 0.05) is 13.2 Å². The Kier molecular flexibility index (Phi) is 4.76. The summed E-state index contributed by atoms with van der Waals surface area (Å²) >= 11 is 0. The Labute approximate surface area is 142 Å². The number of unbranched alkanes of at least 4 members (excludes halogenated alkanes) is 2. The highest BCUT2D eigenvalue weighted by Crippen LogP contribution is 2.38. The van der Waals surface area contributed by atoms with E-state index in [0.717, 1.165) is 48.6 Å². The largest absolute Gasteiger partial charge is 0.396 e. The van der Waals surface area contributed by atoms with Crippen molar-refractivity contribution in [2.75, 3.05) is 18.1 Å². The summed E-state index contributed by atoms with van der Waals surface area (Å²) in [6.07, 6.45) is 4.26. The zero-order chi connectivity index (χ0) is 17.1. The predicted molar refractivity (Wildman–Crippen MR) is 95.9 cm³/mol. The molecule has 2 aromatic rings. The molecule has 1 aromatic heterocycles. The molecule has 0 amide bonds. The second kappa shape index (κ2) is 6.97. The molecule has 24 heavy (non-hydrogen) atoms. The van der Waals surface area contributed by atoms with Crippen LogP contribution >= 0.6 is 0 Å². The molecule has 0 aliphatic carbocycles. The number of aryl methyl sites for hydroxylation is 2. The number of rotatable bonds is 6. The number of aromatic nitrogens is 3. The Morgan fingerprint density at radius 2 is 1.96 bits per heavy atom. The molecule has 0 radical (unpaired) electrons. The summed E-state index contributed by atoms with van der Waals surface area (Å²) in [4.78, 5) is 11.2. The number of benzene rings is 1. The SMILES string of the molecule is C=C1C(c2ncn[nH]2)=Nc2cc(C)c(C)cc2N1CCCCCO. The Bertz CT molecular complexity index is 764. The lowest BCUT2D eigenvalue weighted by molar-refractivity contribution is 0.283. The quantitative estimate of drug-likeness (QED) is 0.800. The van der Waals surface area contributed by atoms with Crippen LogP contribution in [0.25, 0.3) is 0 Å². The van der Waals surface area contributed by atoms with E-state index in [1.807, 2.05) is 0 Å². The van der Waals surface area contributed by atoms with Gasteiger partial charge in [0.2, 0.25) is 0 Å². The van der Waals surface area contributed by atoms with E-state index in [1.165, 1.54) is 17.5 Å². The monoisotopic (exact) mass is 325 g/mol. The van der Waals surface area contributed by atoms with Crippen molar-refractivity contribution in [1.82, 2.24) is 15.2 Å². The maximum absolute atomic E-state index is 8.98. The van der Waals surface area contributed by atoms with Crippen LogP contribution in [0.15, 0.2) is 35.7 Å². The van der Waals surface area contributed by atoms with Crippen molar-refractivity contribution in [3.05, 3.63) is 47.7 Å². The van der Waals surface area contributed by atoms with Crippen LogP contribution in [-0.2, 0) is 0 Å². The molecule has 6 nitrogen and oxygen atoms in total. The van der Waals surface area contributed by atoms with Gasteiger partial charge in [0.15, 0.2) is 5.82 Å². The fraction of sp³-hybridized carbons (Fsp3) is 0.389. The first-order valence-corrected chi connectivity index (χ1v) is 8.25. The molecule has 3 rings (SSSR count). The van der Waals surface area contributed by atoms with Crippen LogP contribution in [0.2, 0.25) is 0 Å². The first kappa shape index (κ1) is 16.4. The van der Waals surface area contributed by atoms with Crippen LogP contribution in [0.3, 0.4) is 0 Å². The van der Waals surface area contributed by atoms with Gasteiger partial charge in [-0.1, -0.05) is 6.58 Å². The van der Waals surface area contributed by atoms with E-state index in [4.69, 9.17) is 10.1 Å². The predicted octanol–water partition coefficient (Wildman–Crippen LogP) is 3.04. The van der Waals surface area contributed by atoms with Crippen molar-refractivity contribution >= 4 is 17.1 Å². The van der Waals surface area contributed by atoms with E-state index in [9.17, 15) is 0 Å². The van der Waals surface area contributed by atoms with E-state index >= 15 is 0 Å². The van der Waals surface area contributed by atoms with E-state index in [0.29, 0.717) is 5.82 Å². The second-order valence-corrected chi connectivity index (χ2v) is 6.10. The topological polar surface area (TPSA) is 77.4 Å². The van der Waals surface area contributed by atoms with Crippen LogP contribution in [0.4, 0.5) is 11.4 Å². The third-order valence-corrected chi connectivity index (χ3v) is 4.39. The van der Waals surface area contributed by atoms with Crippen LogP contribution in [0.1, 0.15) is 36.2 Å². The minimum atomic E-state index is 0.237. The number of H-pyrrole nitrogens is 1. The molecule has 126 valence electrons. The number of aromatic amines is 1. The van der Waals surface area contributed by atoms with Crippen molar-refractivity contribution in [3.8, 4) is 0 Å². The third kappa shape index (κ3) is 3.10. The Morgan fingerprint density at radius 1 is 1.17 bits per heavy atom. The zero-order valence-electron chi connectivity index (χ0n) is 14.2. The van der Waals surface area contributed by atoms with Gasteiger partial charge in [-0.25, -0.2) is 9.98 Å². The van der Waals surface area contributed by atoms with E-state index in [-0.39, 0.29) is 6.61 Å². The van der Waals surface area contributed by atoms with Gasteiger partial charge in [-0.05, 0) is 56.4 Å². The number of hydrogen-bond donors (Lipinski definition) is 2. The molecule has 0 fully saturated rings. The first-order chi connectivity index (χ1) is 11.6. The maximum Gasteiger partial charge on any atom is 0.176 e. The molecule has 0 bridgehead atoms. The zero-order valence-corrected chi connectivity index (χ0v) is 14.2. The molecular formula is C18H23N5O. The molecule has 2 N–H and O–H groups in total. The molecule has 0 unspecified atom stereocenters. The lowest BCUT2D eigenvalue weighted by Gasteiger charge is -2.32. The summed E-state index contributed by atoms with van der Waals surface area (Å²) in [6, 6.07) is 4.27. The lowest BCUT2D eigenvalue weighted by atomic mass is 10.0. The maximum atomic E-state index is 8.98. The molecule has 1 aromatic carbocycles. The van der Waals surface area contributed by atoms with Gasteiger partial charge in [-0.2, -0.15) is 5.10 Å². The van der Waals surface area contributed by atoms with Crippen LogP contribution in [0, 0.1) is 13.8 Å². The molecule has 1 aliphatic heterocycles. The fourth-order valence-corrected chi connectivity index (χ4v) is 2.87. The van der Waals surface area contributed by atoms with Crippen molar-refractivity contribution in [3.63, 3.8) is 0 Å². The van der Waals surface area contributed by atoms with Gasteiger partial charge in [0.25, 0.3) is 0 Å². The van der Waals surface area contributed by atoms with Crippen LogP contribution in [0.5, 0.6) is 0 Å². The summed E-state index contributed by atoms with van der Waals surface area (Å²) in [5.74, 6) is 0.629. The average molecular weight is 325 g/mol. The Balaban J connectivity index is 1.98. The fourth-order valence-electron chi connectivity index (χ4n) is 2.87. The average Bonchev–Trinajstić information content (AvgIpc) is 3.09. The minimum absolute atomic E-state index is 0.237. The molecular weight excluding hydrogens is 302 g/mol. The summed E-state index contributed by atoms with van der Waals surface area (Å²) < 4.78 is 0. The highest BCUT2D eigenvalue weighted by Gasteiger charge is 2.26. The molecule has 0 saturated carbocycles. The summed E-state index contributed by atoms with van der Waals surface area (Å²) in [6.45, 7) is 9.51. The number of fused-ring (bicyclic) bond motifs is 1. The Hall–Kier alpha value is -2.47. The second-order valence-electron chi connectivity index (χ2n) is 6.10. The minimum Gasteiger partial charge on any atom is -0.396 e. The number of allylic oxidation sites excluding steroid dienone is 1. The van der Waals surface area contributed by atoms with Crippen LogP contribution < -0.4 is 4.90 Å². The standard InChI is InChI=1S/C18H23N5O/c1-12-9-15-16(10-13(12)2)23(7-5-4-6-8-24)14(3)17(21-15)18-19-11-20-22-18/h9-11,24H,3-8H2,1-2H3,(H,19,20,22). The number of hydrogen-bond acceptors (Lipinski definition) is 5. The number of aliphatic imine (C=N–C) groups is 1. The number of aliphatic hydroxyl groups excluding tert-OH is 1. The summed E-state index contributed by atoms with van der Waals surface area (Å²) in [5.41, 5.74) is 6.01. The number of anilines is 1. The molecule has 1 aliphatic rings. The highest BCUT2D eigenvalue weighted by molar-refractivity contribution is 6.15. The number of nitrogens with zero attached hydrogens (tertiary/aromatic N) is 4. The van der Waals surface area contributed by atoms with E-state index in [2.05, 4.69) is 52.6 Å². The molecule has 2 heterocycles. The Morgan fingerprint density at radius 3 is 2.67 bits per heavy atom. The molecule has 6 heteroatoms. The van der Waals surface area contributed by atoms with Crippen LogP contribution in [-0.4, -0.2) is 39.2 Å². The normalized spacial score (nSPS) is 13.9. The van der Waals surface area contributed by atoms with Crippen molar-refractivity contribution in [2.24, 2.45) is 4.99 Å². The van der Waals surface area contributed by atoms with E-state index < -0.39 is 0 Å². The van der Waals surface area contributed by atoms with Gasteiger partial charge in [0.1, 0.15) is 12.0 Å². The smallest absolute Gasteiger partial charge is 0.176 e. The number of aliphatic hydroxyl groups is 1. The molecule has 0 atom stereocenters. The van der Waals surface area contributed by atoms with Crippen molar-refractivity contribution in [2.45, 2.75) is 33.1 Å². The van der Waals surface area contributed by atoms with Crippen molar-refractivity contribution < 1.29 is 5.11 Å². The molecule has 0 spiro atoms. The summed E-state index contributed by atoms with van der Waals surface area (Å²) in [7, 11) is 0. The number of nitrogens with one attached hydrogen (secondary N) is 1. The lowest BCUT2D eigenvalue weighted by Crippen LogP contribution is -2.31. The van der Waals surface area contributed by atoms with Gasteiger partial charge in [-0.15, -0.1) is 0 Å². The van der Waals surface area contributed by atoms with Gasteiger partial charge in [-0.3, -0.25) is 5.10 Å². The molecule has 0 saturated heterocycles. The highest BCUT2D eigenvalue weighted by atomic mass is 16.2. The van der Waals surface area contributed by atoms with Gasteiger partial charge in [0.05, 0.1) is 17.1 Å². The van der Waals surface area contributed by atoms with E-state index in [1.54, 1.807) is 0 Å². The first-order valence-electron chi connectivity index (χ1n) is 8.25. The van der Waals surface area contributed by atoms with Gasteiger partial charge < -0.3 is 10.0 Å². The third-order valence-electron chi connectivity index (χ3n) is 4.39. The summed E-state index contributed by atoms with van der Waals surface area (Å²) in [5, 5.41) is 15.8. The van der Waals surface area contributed by atoms with Gasteiger partial charge >= 0.3 is 0 Å². The van der Waals surface area contributed by atoms with Crippen molar-refractivity contribution in [1.29, 1.82) is 0 Å².